The fourth-order valence-corrected chi connectivity index (χ4v) is 3.54. The molecule has 0 aromatic heterocycles. The van der Waals surface area contributed by atoms with Gasteiger partial charge in [-0.25, -0.2) is 0 Å². The third-order valence-electron chi connectivity index (χ3n) is 4.31. The first-order chi connectivity index (χ1) is 8.77. The summed E-state index contributed by atoms with van der Waals surface area (Å²) in [5.41, 5.74) is 4.67. The Balaban J connectivity index is 2.67. The summed E-state index contributed by atoms with van der Waals surface area (Å²) in [6.45, 7) is 6.73. The Hall–Kier alpha value is -1.56. The highest BCUT2D eigenvalue weighted by Gasteiger charge is 2.14. The predicted octanol–water partition coefficient (Wildman–Crippen LogP) is 3.24. The summed E-state index contributed by atoms with van der Waals surface area (Å²) in [5, 5.41) is 5.82. The normalized spacial score (nSPS) is 14.9. The molecule has 2 aromatic rings. The molecule has 0 bridgehead atoms. The van der Waals surface area contributed by atoms with Gasteiger partial charge in [0, 0.05) is 0 Å². The summed E-state index contributed by atoms with van der Waals surface area (Å²) in [7, 11) is 0. The molecule has 0 amide bonds. The van der Waals surface area contributed by atoms with Crippen LogP contribution in [0.15, 0.2) is 18.2 Å². The molecule has 0 saturated heterocycles. The van der Waals surface area contributed by atoms with Crippen molar-refractivity contribution in [3.8, 4) is 0 Å². The van der Waals surface area contributed by atoms with Gasteiger partial charge in [-0.2, -0.15) is 0 Å². The minimum atomic E-state index is 1.15. The average molecular weight is 236 g/mol. The Kier molecular flexibility index (Phi) is 2.74. The Morgan fingerprint density at radius 2 is 2.11 bits per heavy atom. The molecule has 1 aliphatic carbocycles. The van der Waals surface area contributed by atoms with E-state index in [1.165, 1.54) is 39.6 Å². The second-order valence-corrected chi connectivity index (χ2v) is 5.15. The van der Waals surface area contributed by atoms with Crippen LogP contribution in [0.2, 0.25) is 0 Å². The predicted molar refractivity (Wildman–Crippen MR) is 80.2 cm³/mol. The first kappa shape index (κ1) is 11.5. The lowest BCUT2D eigenvalue weighted by molar-refractivity contribution is 0.972. The molecule has 0 heterocycles. The molecule has 0 heteroatoms. The van der Waals surface area contributed by atoms with E-state index in [2.05, 4.69) is 51.1 Å². The van der Waals surface area contributed by atoms with Gasteiger partial charge in [0.05, 0.1) is 0 Å². The number of aryl methyl sites for hydroxylation is 1. The number of rotatable bonds is 1. The second-order valence-electron chi connectivity index (χ2n) is 5.15. The molecule has 0 unspecified atom stereocenters. The van der Waals surface area contributed by atoms with Gasteiger partial charge in [0.15, 0.2) is 0 Å². The monoisotopic (exact) mass is 236 g/mol. The van der Waals surface area contributed by atoms with Gasteiger partial charge >= 0.3 is 0 Å². The van der Waals surface area contributed by atoms with Gasteiger partial charge in [-0.1, -0.05) is 37.3 Å². The molecule has 0 saturated carbocycles. The molecule has 0 radical (unpaired) electrons. The fraction of sp³-hybridized carbons (Fsp3) is 0.333. The van der Waals surface area contributed by atoms with Crippen molar-refractivity contribution in [2.75, 3.05) is 0 Å². The van der Waals surface area contributed by atoms with Gasteiger partial charge in [-0.05, 0) is 71.0 Å². The topological polar surface area (TPSA) is 0 Å². The molecule has 2 aromatic carbocycles. The smallest absolute Gasteiger partial charge is 0.00736 e. The van der Waals surface area contributed by atoms with Crippen molar-refractivity contribution in [2.45, 2.75) is 40.0 Å². The van der Waals surface area contributed by atoms with Crippen LogP contribution in [0.1, 0.15) is 37.0 Å². The van der Waals surface area contributed by atoms with Gasteiger partial charge in [0.25, 0.3) is 0 Å². The van der Waals surface area contributed by atoms with Crippen molar-refractivity contribution in [1.29, 1.82) is 0 Å². The van der Waals surface area contributed by atoms with Crippen LogP contribution >= 0.6 is 0 Å². The summed E-state index contributed by atoms with van der Waals surface area (Å²) in [4.78, 5) is 0. The highest BCUT2D eigenvalue weighted by molar-refractivity contribution is 5.90. The maximum atomic E-state index is 2.39. The molecular formula is C18H20. The van der Waals surface area contributed by atoms with E-state index in [0.717, 1.165) is 6.42 Å². The lowest BCUT2D eigenvalue weighted by atomic mass is 9.85. The molecular weight excluding hydrogens is 216 g/mol. The zero-order chi connectivity index (χ0) is 12.7. The molecule has 92 valence electrons. The van der Waals surface area contributed by atoms with Crippen LogP contribution in [0, 0.1) is 6.92 Å². The van der Waals surface area contributed by atoms with E-state index < -0.39 is 0 Å². The second kappa shape index (κ2) is 4.28. The van der Waals surface area contributed by atoms with E-state index in [4.69, 9.17) is 0 Å². The largest absolute Gasteiger partial charge is 0.0795 e. The molecule has 0 spiro atoms. The molecule has 0 N–H and O–H groups in total. The Bertz CT molecular complexity index is 733. The van der Waals surface area contributed by atoms with Crippen molar-refractivity contribution in [3.63, 3.8) is 0 Å². The van der Waals surface area contributed by atoms with E-state index in [9.17, 15) is 0 Å². The van der Waals surface area contributed by atoms with Crippen molar-refractivity contribution in [3.05, 3.63) is 45.3 Å². The number of hydrogen-bond acceptors (Lipinski definition) is 0. The van der Waals surface area contributed by atoms with E-state index in [1.807, 2.05) is 0 Å². The third-order valence-corrected chi connectivity index (χ3v) is 4.31. The first-order valence-corrected chi connectivity index (χ1v) is 6.97. The van der Waals surface area contributed by atoms with Crippen LogP contribution in [0.25, 0.3) is 22.9 Å². The number of hydrogen-bond donors (Lipinski definition) is 0. The van der Waals surface area contributed by atoms with Gasteiger partial charge in [0.1, 0.15) is 0 Å². The van der Waals surface area contributed by atoms with Crippen LogP contribution in [0.4, 0.5) is 0 Å². The Morgan fingerprint density at radius 1 is 1.28 bits per heavy atom. The van der Waals surface area contributed by atoms with Crippen molar-refractivity contribution in [1.82, 2.24) is 0 Å². The van der Waals surface area contributed by atoms with Crippen LogP contribution < -0.4 is 10.4 Å². The van der Waals surface area contributed by atoms with E-state index in [1.54, 1.807) is 11.1 Å². The lowest BCUT2D eigenvalue weighted by Gasteiger charge is -2.19. The molecule has 18 heavy (non-hydrogen) atoms. The van der Waals surface area contributed by atoms with Crippen LogP contribution in [-0.4, -0.2) is 0 Å². The maximum absolute atomic E-state index is 2.39. The van der Waals surface area contributed by atoms with Crippen LogP contribution in [0.5, 0.6) is 0 Å². The molecule has 0 aliphatic heterocycles. The zero-order valence-electron chi connectivity index (χ0n) is 11.5. The highest BCUT2D eigenvalue weighted by atomic mass is 14.2. The van der Waals surface area contributed by atoms with Crippen molar-refractivity contribution < 1.29 is 0 Å². The third kappa shape index (κ3) is 1.45. The molecule has 0 fully saturated rings. The van der Waals surface area contributed by atoms with E-state index in [-0.39, 0.29) is 0 Å². The van der Waals surface area contributed by atoms with E-state index >= 15 is 0 Å². The van der Waals surface area contributed by atoms with Gasteiger partial charge in [-0.15, -0.1) is 0 Å². The lowest BCUT2D eigenvalue weighted by Crippen LogP contribution is -2.20. The van der Waals surface area contributed by atoms with E-state index in [0.29, 0.717) is 0 Å². The molecule has 0 atom stereocenters. The van der Waals surface area contributed by atoms with Crippen LogP contribution in [-0.2, 0) is 12.8 Å². The minimum Gasteiger partial charge on any atom is -0.0795 e. The summed E-state index contributed by atoms with van der Waals surface area (Å²) in [6.07, 6.45) is 8.21. The van der Waals surface area contributed by atoms with Gasteiger partial charge < -0.3 is 0 Å². The first-order valence-electron chi connectivity index (χ1n) is 6.97. The summed E-state index contributed by atoms with van der Waals surface area (Å²) in [6, 6.07) is 6.74. The van der Waals surface area contributed by atoms with Gasteiger partial charge in [0.2, 0.25) is 0 Å². The zero-order valence-corrected chi connectivity index (χ0v) is 11.5. The molecule has 3 rings (SSSR count). The molecule has 0 nitrogen and oxygen atoms in total. The summed E-state index contributed by atoms with van der Waals surface area (Å²) in [5.74, 6) is 0. The van der Waals surface area contributed by atoms with Crippen LogP contribution in [0.3, 0.4) is 0 Å². The minimum absolute atomic E-state index is 1.15. The average Bonchev–Trinajstić information content (AvgIpc) is 2.40. The Labute approximate surface area is 109 Å². The van der Waals surface area contributed by atoms with Crippen molar-refractivity contribution in [2.24, 2.45) is 0 Å². The SMILES string of the molecule is CC=c1c(C)c(CC)c2c3c(cccc13)=CCC2. The molecule has 1 aliphatic rings. The Morgan fingerprint density at radius 3 is 2.83 bits per heavy atom. The standard InChI is InChI=1S/C18H20/c1-4-14-12(3)15(5-2)17-11-7-9-13-8-6-10-16(14)18(13)17/h4,6,8-10H,5,7,11H2,1-3H3. The maximum Gasteiger partial charge on any atom is -0.00736 e. The quantitative estimate of drug-likeness (QED) is 0.713. The summed E-state index contributed by atoms with van der Waals surface area (Å²) >= 11 is 0. The van der Waals surface area contributed by atoms with Crippen molar-refractivity contribution >= 4 is 22.9 Å². The summed E-state index contributed by atoms with van der Waals surface area (Å²) < 4.78 is 0. The highest BCUT2D eigenvalue weighted by Crippen LogP contribution is 2.24. The van der Waals surface area contributed by atoms with Gasteiger partial charge in [-0.3, -0.25) is 0 Å². The number of benzene rings is 2. The fourth-order valence-electron chi connectivity index (χ4n) is 3.54.